The van der Waals surface area contributed by atoms with Crippen LogP contribution >= 0.6 is 0 Å². The average molecular weight is 360 g/mol. The smallest absolute Gasteiger partial charge is 0.313 e. The largest absolute Gasteiger partial charge is 0.372 e. The zero-order valence-corrected chi connectivity index (χ0v) is 15.7. The molecule has 0 spiro atoms. The van der Waals surface area contributed by atoms with Crippen LogP contribution in [0.2, 0.25) is 0 Å². The number of nitrogens with zero attached hydrogens (tertiary/aromatic N) is 2. The molecule has 0 aromatic heterocycles. The molecule has 0 atom stereocenters. The van der Waals surface area contributed by atoms with Crippen LogP contribution in [0.4, 0.5) is 11.4 Å². The number of anilines is 2. The summed E-state index contributed by atoms with van der Waals surface area (Å²) in [5.41, 5.74) is 7.92. The second-order valence-electron chi connectivity index (χ2n) is 6.59. The number of likely N-dealkylation sites (tertiary alicyclic amines) is 1. The lowest BCUT2D eigenvalue weighted by atomic mass is 9.96. The van der Waals surface area contributed by atoms with Crippen LogP contribution in [-0.4, -0.2) is 48.8 Å². The minimum Gasteiger partial charge on any atom is -0.372 e. The Morgan fingerprint density at radius 1 is 1.19 bits per heavy atom. The zero-order chi connectivity index (χ0) is 19.3. The fourth-order valence-electron chi connectivity index (χ4n) is 3.26. The van der Waals surface area contributed by atoms with E-state index in [2.05, 4.69) is 24.1 Å². The summed E-state index contributed by atoms with van der Waals surface area (Å²) in [5.74, 6) is -1.77. The van der Waals surface area contributed by atoms with E-state index in [-0.39, 0.29) is 11.8 Å². The lowest BCUT2D eigenvalue weighted by Gasteiger charge is -2.30. The number of aryl methyl sites for hydroxylation is 1. The van der Waals surface area contributed by atoms with Gasteiger partial charge in [0.05, 0.1) is 0 Å². The first kappa shape index (κ1) is 19.8. The highest BCUT2D eigenvalue weighted by atomic mass is 16.2. The molecule has 0 bridgehead atoms. The van der Waals surface area contributed by atoms with Crippen molar-refractivity contribution in [1.82, 2.24) is 4.90 Å². The maximum atomic E-state index is 12.3. The summed E-state index contributed by atoms with van der Waals surface area (Å²) in [4.78, 5) is 39.5. The molecule has 0 radical (unpaired) electrons. The Kier molecular flexibility index (Phi) is 6.60. The van der Waals surface area contributed by atoms with Crippen molar-refractivity contribution in [3.05, 3.63) is 23.8 Å². The van der Waals surface area contributed by atoms with Gasteiger partial charge < -0.3 is 20.9 Å². The molecule has 3 amide bonds. The van der Waals surface area contributed by atoms with Gasteiger partial charge >= 0.3 is 11.8 Å². The number of hydrogen-bond donors (Lipinski definition) is 2. The fourth-order valence-corrected chi connectivity index (χ4v) is 3.26. The number of benzene rings is 1. The molecule has 0 aliphatic carbocycles. The Hall–Kier alpha value is -2.57. The first-order valence-electron chi connectivity index (χ1n) is 9.12. The van der Waals surface area contributed by atoms with Crippen molar-refractivity contribution in [2.24, 2.45) is 11.7 Å². The number of carbonyl (C=O) groups excluding carboxylic acids is 3. The molecule has 1 saturated heterocycles. The Morgan fingerprint density at radius 3 is 2.31 bits per heavy atom. The molecule has 0 unspecified atom stereocenters. The quantitative estimate of drug-likeness (QED) is 0.778. The molecule has 142 valence electrons. The Balaban J connectivity index is 1.99. The Morgan fingerprint density at radius 2 is 1.81 bits per heavy atom. The average Bonchev–Trinajstić information content (AvgIpc) is 2.64. The minimum absolute atomic E-state index is 0.211. The van der Waals surface area contributed by atoms with E-state index in [1.807, 2.05) is 25.1 Å². The number of primary amides is 1. The van der Waals surface area contributed by atoms with Gasteiger partial charge in [0.15, 0.2) is 0 Å². The van der Waals surface area contributed by atoms with E-state index in [9.17, 15) is 14.4 Å². The van der Waals surface area contributed by atoms with E-state index in [0.717, 1.165) is 24.3 Å². The van der Waals surface area contributed by atoms with Gasteiger partial charge in [0, 0.05) is 43.5 Å². The summed E-state index contributed by atoms with van der Waals surface area (Å²) >= 11 is 0. The van der Waals surface area contributed by atoms with Gasteiger partial charge in [-0.25, -0.2) is 0 Å². The predicted octanol–water partition coefficient (Wildman–Crippen LogP) is 1.50. The maximum absolute atomic E-state index is 12.3. The number of hydrogen-bond acceptors (Lipinski definition) is 4. The standard InChI is InChI=1S/C19H28N4O3/c1-4-22(5-2)15-6-7-16(13(3)12-15)21-18(25)19(26)23-10-8-14(9-11-23)17(20)24/h6-7,12,14H,4-5,8-11H2,1-3H3,(H2,20,24)(H,21,25). The molecule has 0 saturated carbocycles. The highest BCUT2D eigenvalue weighted by molar-refractivity contribution is 6.39. The van der Waals surface area contributed by atoms with Crippen molar-refractivity contribution in [3.63, 3.8) is 0 Å². The second-order valence-corrected chi connectivity index (χ2v) is 6.59. The summed E-state index contributed by atoms with van der Waals surface area (Å²) < 4.78 is 0. The zero-order valence-electron chi connectivity index (χ0n) is 15.7. The van der Waals surface area contributed by atoms with Crippen molar-refractivity contribution in [2.45, 2.75) is 33.6 Å². The van der Waals surface area contributed by atoms with E-state index in [1.165, 1.54) is 4.90 Å². The number of nitrogens with two attached hydrogens (primary N) is 1. The highest BCUT2D eigenvalue weighted by Crippen LogP contribution is 2.23. The highest BCUT2D eigenvalue weighted by Gasteiger charge is 2.29. The lowest BCUT2D eigenvalue weighted by Crippen LogP contribution is -2.46. The third-order valence-electron chi connectivity index (χ3n) is 4.97. The predicted molar refractivity (Wildman–Crippen MR) is 102 cm³/mol. The molecule has 7 nitrogen and oxygen atoms in total. The van der Waals surface area contributed by atoms with Crippen molar-refractivity contribution in [2.75, 3.05) is 36.4 Å². The number of nitrogens with one attached hydrogen (secondary N) is 1. The SMILES string of the molecule is CCN(CC)c1ccc(NC(=O)C(=O)N2CCC(C(N)=O)CC2)c(C)c1. The molecule has 1 aromatic rings. The van der Waals surface area contributed by atoms with Crippen molar-refractivity contribution in [3.8, 4) is 0 Å². The molecule has 7 heteroatoms. The van der Waals surface area contributed by atoms with Crippen molar-refractivity contribution in [1.29, 1.82) is 0 Å². The monoisotopic (exact) mass is 360 g/mol. The van der Waals surface area contributed by atoms with Gasteiger partial charge in [0.1, 0.15) is 0 Å². The lowest BCUT2D eigenvalue weighted by molar-refractivity contribution is -0.144. The van der Waals surface area contributed by atoms with Crippen LogP contribution in [0.1, 0.15) is 32.3 Å². The molecule has 3 N–H and O–H groups in total. The third-order valence-corrected chi connectivity index (χ3v) is 4.97. The van der Waals surface area contributed by atoms with Gasteiger partial charge in [-0.3, -0.25) is 14.4 Å². The van der Waals surface area contributed by atoms with Crippen LogP contribution in [0.25, 0.3) is 0 Å². The first-order valence-corrected chi connectivity index (χ1v) is 9.12. The van der Waals surface area contributed by atoms with Crippen LogP contribution in [0.5, 0.6) is 0 Å². The van der Waals surface area contributed by atoms with Gasteiger partial charge in [0.2, 0.25) is 5.91 Å². The normalized spacial score (nSPS) is 14.8. The molecule has 1 aliphatic rings. The minimum atomic E-state index is -0.652. The van der Waals surface area contributed by atoms with Gasteiger partial charge in [-0.15, -0.1) is 0 Å². The van der Waals surface area contributed by atoms with Gasteiger partial charge in [-0.2, -0.15) is 0 Å². The van der Waals surface area contributed by atoms with Crippen LogP contribution in [-0.2, 0) is 14.4 Å². The summed E-state index contributed by atoms with van der Waals surface area (Å²) in [5, 5.41) is 2.70. The van der Waals surface area contributed by atoms with Crippen LogP contribution in [0.15, 0.2) is 18.2 Å². The summed E-state index contributed by atoms with van der Waals surface area (Å²) in [6.07, 6.45) is 1.01. The van der Waals surface area contributed by atoms with Crippen LogP contribution in [0, 0.1) is 12.8 Å². The number of carbonyl (C=O) groups is 3. The van der Waals surface area contributed by atoms with Crippen LogP contribution in [0.3, 0.4) is 0 Å². The first-order chi connectivity index (χ1) is 12.4. The number of rotatable bonds is 5. The molecular weight excluding hydrogens is 332 g/mol. The third kappa shape index (κ3) is 4.53. The van der Waals surface area contributed by atoms with Crippen molar-refractivity contribution >= 4 is 29.1 Å². The Bertz CT molecular complexity index is 677. The van der Waals surface area contributed by atoms with Gasteiger partial charge in [-0.1, -0.05) is 0 Å². The topological polar surface area (TPSA) is 95.7 Å². The number of piperidine rings is 1. The molecule has 1 fully saturated rings. The summed E-state index contributed by atoms with van der Waals surface area (Å²) in [6, 6.07) is 5.78. The van der Waals surface area contributed by atoms with E-state index < -0.39 is 11.8 Å². The molecular formula is C19H28N4O3. The molecule has 26 heavy (non-hydrogen) atoms. The van der Waals surface area contributed by atoms with E-state index in [1.54, 1.807) is 0 Å². The van der Waals surface area contributed by atoms with Gasteiger partial charge in [-0.05, 0) is 57.4 Å². The molecule has 2 rings (SSSR count). The van der Waals surface area contributed by atoms with Crippen molar-refractivity contribution < 1.29 is 14.4 Å². The van der Waals surface area contributed by atoms with E-state index in [4.69, 9.17) is 5.73 Å². The second kappa shape index (κ2) is 8.69. The van der Waals surface area contributed by atoms with E-state index in [0.29, 0.717) is 31.6 Å². The molecule has 1 heterocycles. The van der Waals surface area contributed by atoms with Crippen LogP contribution < -0.4 is 16.0 Å². The maximum Gasteiger partial charge on any atom is 0.313 e. The fraction of sp³-hybridized carbons (Fsp3) is 0.526. The summed E-state index contributed by atoms with van der Waals surface area (Å²) in [7, 11) is 0. The van der Waals surface area contributed by atoms with E-state index >= 15 is 0 Å². The van der Waals surface area contributed by atoms with Gasteiger partial charge in [0.25, 0.3) is 0 Å². The number of amides is 3. The molecule has 1 aliphatic heterocycles. The molecule has 1 aromatic carbocycles. The Labute approximate surface area is 154 Å². The summed E-state index contributed by atoms with van der Waals surface area (Å²) in [6.45, 7) is 8.65.